The second kappa shape index (κ2) is 5.04. The van der Waals surface area contributed by atoms with Gasteiger partial charge in [0.2, 0.25) is 0 Å². The molecular weight excluding hydrogens is 167 g/mol. The number of nitrogens with one attached hydrogen (secondary N) is 1. The van der Waals surface area contributed by atoms with Crippen LogP contribution in [-0.4, -0.2) is 18.8 Å². The Balaban J connectivity index is 3.78. The van der Waals surface area contributed by atoms with Crippen LogP contribution in [0.15, 0.2) is 0 Å². The summed E-state index contributed by atoms with van der Waals surface area (Å²) in [6, 6.07) is -0.884. The van der Waals surface area contributed by atoms with E-state index in [1.165, 1.54) is 0 Å². The molecule has 1 N–H and O–H groups in total. The smallest absolute Gasteiger partial charge is 0.303 e. The fraction of sp³-hybridized carbons (Fsp3) is 0.750. The second-order valence-corrected chi connectivity index (χ2v) is 2.49. The lowest BCUT2D eigenvalue weighted by Crippen LogP contribution is -2.32. The highest BCUT2D eigenvalue weighted by atomic mass is 19.4. The Morgan fingerprint density at radius 2 is 2.08 bits per heavy atom. The van der Waals surface area contributed by atoms with Gasteiger partial charge in [-0.05, 0) is 13.0 Å². The first-order valence-corrected chi connectivity index (χ1v) is 3.76. The molecule has 1 atom stereocenters. The molecule has 0 aromatic heterocycles. The van der Waals surface area contributed by atoms with Crippen LogP contribution in [0.3, 0.4) is 0 Å². The van der Waals surface area contributed by atoms with E-state index in [1.54, 1.807) is 0 Å². The zero-order valence-electron chi connectivity index (χ0n) is 6.91. The van der Waals surface area contributed by atoms with Gasteiger partial charge in [-0.15, -0.1) is 6.42 Å². The quantitative estimate of drug-likeness (QED) is 0.650. The standard InChI is InChI=1S/C8H12F3N/c1-3-5-12-7(4-2)6-8(9,10)11/h2,7,12H,3,5-6H2,1H3. The minimum absolute atomic E-state index is 0.519. The number of alkyl halides is 3. The van der Waals surface area contributed by atoms with E-state index < -0.39 is 18.6 Å². The van der Waals surface area contributed by atoms with Crippen LogP contribution in [-0.2, 0) is 0 Å². The van der Waals surface area contributed by atoms with Crippen LogP contribution >= 0.6 is 0 Å². The van der Waals surface area contributed by atoms with Crippen molar-refractivity contribution in [1.29, 1.82) is 0 Å². The van der Waals surface area contributed by atoms with Gasteiger partial charge in [0, 0.05) is 0 Å². The summed E-state index contributed by atoms with van der Waals surface area (Å²) in [5.74, 6) is 2.06. The van der Waals surface area contributed by atoms with Gasteiger partial charge in [0.25, 0.3) is 0 Å². The van der Waals surface area contributed by atoms with Crippen LogP contribution in [0, 0.1) is 12.3 Å². The largest absolute Gasteiger partial charge is 0.391 e. The van der Waals surface area contributed by atoms with Crippen molar-refractivity contribution in [3.05, 3.63) is 0 Å². The molecule has 0 radical (unpaired) electrons. The summed E-state index contributed by atoms with van der Waals surface area (Å²) in [6.07, 6.45) is 0.544. The van der Waals surface area contributed by atoms with E-state index in [4.69, 9.17) is 6.42 Å². The number of hydrogen-bond donors (Lipinski definition) is 1. The zero-order chi connectivity index (χ0) is 9.61. The highest BCUT2D eigenvalue weighted by Crippen LogP contribution is 2.21. The molecule has 0 spiro atoms. The molecule has 0 fully saturated rings. The average Bonchev–Trinajstić information content (AvgIpc) is 1.95. The normalized spacial score (nSPS) is 13.9. The summed E-state index contributed by atoms with van der Waals surface area (Å²) in [4.78, 5) is 0. The molecule has 0 saturated heterocycles. The van der Waals surface area contributed by atoms with Crippen molar-refractivity contribution < 1.29 is 13.2 Å². The molecule has 0 rings (SSSR count). The fourth-order valence-corrected chi connectivity index (χ4v) is 0.740. The predicted molar refractivity (Wildman–Crippen MR) is 41.6 cm³/mol. The van der Waals surface area contributed by atoms with E-state index in [1.807, 2.05) is 6.92 Å². The van der Waals surface area contributed by atoms with E-state index in [0.717, 1.165) is 6.42 Å². The molecule has 0 aromatic rings. The Kier molecular flexibility index (Phi) is 4.75. The molecule has 0 aromatic carbocycles. The van der Waals surface area contributed by atoms with E-state index in [9.17, 15) is 13.2 Å². The van der Waals surface area contributed by atoms with Crippen molar-refractivity contribution in [2.24, 2.45) is 0 Å². The van der Waals surface area contributed by atoms with Crippen LogP contribution in [0.2, 0.25) is 0 Å². The summed E-state index contributed by atoms with van der Waals surface area (Å²) in [6.45, 7) is 2.39. The summed E-state index contributed by atoms with van der Waals surface area (Å²) < 4.78 is 35.4. The molecule has 0 saturated carbocycles. The fourth-order valence-electron chi connectivity index (χ4n) is 0.740. The summed E-state index contributed by atoms with van der Waals surface area (Å²) >= 11 is 0. The Bertz CT molecular complexity index is 157. The SMILES string of the molecule is C#CC(CC(F)(F)F)NCCC. The molecule has 4 heteroatoms. The molecule has 0 aliphatic carbocycles. The van der Waals surface area contributed by atoms with Gasteiger partial charge in [-0.25, -0.2) is 0 Å². The molecule has 0 aliphatic rings. The van der Waals surface area contributed by atoms with Gasteiger partial charge in [-0.2, -0.15) is 13.2 Å². The van der Waals surface area contributed by atoms with Crippen molar-refractivity contribution in [1.82, 2.24) is 5.32 Å². The monoisotopic (exact) mass is 179 g/mol. The summed E-state index contributed by atoms with van der Waals surface area (Å²) in [7, 11) is 0. The third-order valence-corrected chi connectivity index (χ3v) is 1.28. The molecule has 0 heterocycles. The van der Waals surface area contributed by atoms with Crippen LogP contribution < -0.4 is 5.32 Å². The third kappa shape index (κ3) is 6.05. The number of halogens is 3. The number of hydrogen-bond acceptors (Lipinski definition) is 1. The van der Waals surface area contributed by atoms with Gasteiger partial charge in [0.15, 0.2) is 0 Å². The Morgan fingerprint density at radius 3 is 2.42 bits per heavy atom. The first-order valence-electron chi connectivity index (χ1n) is 3.76. The molecule has 1 nitrogen and oxygen atoms in total. The lowest BCUT2D eigenvalue weighted by atomic mass is 10.2. The van der Waals surface area contributed by atoms with Crippen LogP contribution in [0.4, 0.5) is 13.2 Å². The second-order valence-electron chi connectivity index (χ2n) is 2.49. The molecule has 0 bridgehead atoms. The van der Waals surface area contributed by atoms with Crippen molar-refractivity contribution in [3.63, 3.8) is 0 Å². The topological polar surface area (TPSA) is 12.0 Å². The van der Waals surface area contributed by atoms with Gasteiger partial charge in [-0.3, -0.25) is 0 Å². The summed E-state index contributed by atoms with van der Waals surface area (Å²) in [5, 5.41) is 2.62. The first-order chi connectivity index (χ1) is 5.49. The van der Waals surface area contributed by atoms with Crippen molar-refractivity contribution in [3.8, 4) is 12.3 Å². The maximum absolute atomic E-state index is 11.8. The molecular formula is C8H12F3N. The highest BCUT2D eigenvalue weighted by molar-refractivity contribution is 4.99. The Labute approximate surface area is 70.3 Å². The predicted octanol–water partition coefficient (Wildman–Crippen LogP) is 1.94. The number of rotatable bonds is 4. The zero-order valence-corrected chi connectivity index (χ0v) is 6.91. The van der Waals surface area contributed by atoms with Crippen LogP contribution in [0.1, 0.15) is 19.8 Å². The van der Waals surface area contributed by atoms with Crippen molar-refractivity contribution in [2.75, 3.05) is 6.54 Å². The number of terminal acetylenes is 1. The van der Waals surface area contributed by atoms with Gasteiger partial charge in [0.1, 0.15) is 0 Å². The van der Waals surface area contributed by atoms with Gasteiger partial charge in [0.05, 0.1) is 12.5 Å². The lowest BCUT2D eigenvalue weighted by molar-refractivity contribution is -0.136. The Hall–Kier alpha value is -0.690. The molecule has 70 valence electrons. The van der Waals surface area contributed by atoms with E-state index in [-0.39, 0.29) is 0 Å². The van der Waals surface area contributed by atoms with Gasteiger partial charge in [-0.1, -0.05) is 12.8 Å². The van der Waals surface area contributed by atoms with E-state index in [2.05, 4.69) is 11.2 Å². The van der Waals surface area contributed by atoms with Crippen LogP contribution in [0.5, 0.6) is 0 Å². The molecule has 0 aliphatic heterocycles. The third-order valence-electron chi connectivity index (χ3n) is 1.28. The van der Waals surface area contributed by atoms with Crippen molar-refractivity contribution in [2.45, 2.75) is 32.0 Å². The molecule has 12 heavy (non-hydrogen) atoms. The van der Waals surface area contributed by atoms with Crippen molar-refractivity contribution >= 4 is 0 Å². The lowest BCUT2D eigenvalue weighted by Gasteiger charge is -2.13. The first kappa shape index (κ1) is 11.3. The highest BCUT2D eigenvalue weighted by Gasteiger charge is 2.30. The van der Waals surface area contributed by atoms with E-state index in [0.29, 0.717) is 6.54 Å². The average molecular weight is 179 g/mol. The minimum atomic E-state index is -4.18. The Morgan fingerprint density at radius 1 is 1.50 bits per heavy atom. The van der Waals surface area contributed by atoms with Gasteiger partial charge >= 0.3 is 6.18 Å². The van der Waals surface area contributed by atoms with Crippen LogP contribution in [0.25, 0.3) is 0 Å². The maximum atomic E-state index is 11.8. The van der Waals surface area contributed by atoms with Gasteiger partial charge < -0.3 is 5.32 Å². The molecule has 0 amide bonds. The minimum Gasteiger partial charge on any atom is -0.303 e. The maximum Gasteiger partial charge on any atom is 0.391 e. The molecule has 1 unspecified atom stereocenters. The van der Waals surface area contributed by atoms with E-state index >= 15 is 0 Å². The summed E-state index contributed by atoms with van der Waals surface area (Å²) in [5.41, 5.74) is 0.